The molecule has 2 aromatic heterocycles. The van der Waals surface area contributed by atoms with E-state index in [1.165, 1.54) is 5.56 Å². The van der Waals surface area contributed by atoms with Gasteiger partial charge in [0.2, 0.25) is 5.91 Å². The van der Waals surface area contributed by atoms with Gasteiger partial charge in [-0.2, -0.15) is 0 Å². The highest BCUT2D eigenvalue weighted by Gasteiger charge is 2.29. The Hall–Kier alpha value is -4.67. The van der Waals surface area contributed by atoms with Crippen LogP contribution < -0.4 is 25.4 Å². The fraction of sp³-hybridized carbons (Fsp3) is 0.324. The minimum Gasteiger partial charge on any atom is -0.497 e. The third-order valence-electron chi connectivity index (χ3n) is 8.29. The number of hydrogen-bond donors (Lipinski definition) is 4. The molecule has 1 aliphatic heterocycles. The van der Waals surface area contributed by atoms with Gasteiger partial charge in [0.05, 0.1) is 32.8 Å². The Balaban J connectivity index is 1.39. The Morgan fingerprint density at radius 2 is 1.84 bits per heavy atom. The first kappa shape index (κ1) is 29.4. The highest BCUT2D eigenvalue weighted by molar-refractivity contribution is 5.84. The van der Waals surface area contributed by atoms with Gasteiger partial charge in [-0.15, -0.1) is 10.2 Å². The van der Waals surface area contributed by atoms with E-state index in [2.05, 4.69) is 61.9 Å². The van der Waals surface area contributed by atoms with Crippen molar-refractivity contribution in [3.63, 3.8) is 0 Å². The largest absolute Gasteiger partial charge is 0.497 e. The van der Waals surface area contributed by atoms with Crippen molar-refractivity contribution < 1.29 is 14.3 Å². The third kappa shape index (κ3) is 6.61. The number of ether oxygens (including phenoxy) is 2. The second-order valence-corrected chi connectivity index (χ2v) is 11.1. The standard InChI is InChI=1S/C34H39N7O3/c1-43-26-14-13-24(31(19-26)44-2)21-41-32(15-12-23-8-4-3-5-9-23)39-40-33(41)30(38-34(42)29-16-17-35-22-37-29)18-25-20-36-28-11-7-6-10-27(25)28/h3-11,13-14,19-20,29-30,35-37H,12,15-18,21-22H2,1-2H3,(H,38,42)/t29-,30-/m1/s1. The minimum atomic E-state index is -0.416. The van der Waals surface area contributed by atoms with E-state index >= 15 is 0 Å². The minimum absolute atomic E-state index is 0.0428. The maximum Gasteiger partial charge on any atom is 0.237 e. The van der Waals surface area contributed by atoms with Crippen LogP contribution in [-0.4, -0.2) is 59.1 Å². The number of fused-ring (bicyclic) bond motifs is 1. The zero-order chi connectivity index (χ0) is 30.3. The lowest BCUT2D eigenvalue weighted by Crippen LogP contribution is -2.53. The summed E-state index contributed by atoms with van der Waals surface area (Å²) >= 11 is 0. The number of aromatic amines is 1. The van der Waals surface area contributed by atoms with E-state index in [1.807, 2.05) is 42.6 Å². The predicted octanol–water partition coefficient (Wildman–Crippen LogP) is 3.92. The zero-order valence-corrected chi connectivity index (χ0v) is 25.2. The number of aromatic nitrogens is 4. The predicted molar refractivity (Wildman–Crippen MR) is 170 cm³/mol. The van der Waals surface area contributed by atoms with Crippen LogP contribution in [0.25, 0.3) is 10.9 Å². The maximum absolute atomic E-state index is 13.6. The molecule has 5 aromatic rings. The van der Waals surface area contributed by atoms with Crippen molar-refractivity contribution in [1.82, 2.24) is 35.7 Å². The molecule has 0 unspecified atom stereocenters. The van der Waals surface area contributed by atoms with E-state index in [1.54, 1.807) is 14.2 Å². The van der Waals surface area contributed by atoms with Gasteiger partial charge in [0, 0.05) is 48.2 Å². The molecule has 1 amide bonds. The molecule has 2 atom stereocenters. The molecule has 0 aliphatic carbocycles. The van der Waals surface area contributed by atoms with Gasteiger partial charge in [0.25, 0.3) is 0 Å². The summed E-state index contributed by atoms with van der Waals surface area (Å²) in [5.41, 5.74) is 4.35. The summed E-state index contributed by atoms with van der Waals surface area (Å²) in [7, 11) is 3.30. The van der Waals surface area contributed by atoms with Crippen molar-refractivity contribution in [3.8, 4) is 11.5 Å². The van der Waals surface area contributed by atoms with E-state index in [0.29, 0.717) is 44.0 Å². The van der Waals surface area contributed by atoms with Crippen molar-refractivity contribution in [2.45, 2.75) is 44.3 Å². The smallest absolute Gasteiger partial charge is 0.237 e. The molecule has 4 N–H and O–H groups in total. The number of amides is 1. The van der Waals surface area contributed by atoms with Gasteiger partial charge < -0.3 is 29.7 Å². The molecular weight excluding hydrogens is 554 g/mol. The number of benzene rings is 3. The highest BCUT2D eigenvalue weighted by atomic mass is 16.5. The fourth-order valence-electron chi connectivity index (χ4n) is 5.87. The number of carbonyl (C=O) groups is 1. The molecule has 0 spiro atoms. The summed E-state index contributed by atoms with van der Waals surface area (Å²) in [4.78, 5) is 17.0. The Bertz CT molecular complexity index is 1690. The Kier molecular flexibility index (Phi) is 9.19. The second-order valence-electron chi connectivity index (χ2n) is 11.1. The lowest BCUT2D eigenvalue weighted by Gasteiger charge is -2.27. The molecule has 1 aliphatic rings. The lowest BCUT2D eigenvalue weighted by molar-refractivity contribution is -0.124. The highest BCUT2D eigenvalue weighted by Crippen LogP contribution is 2.29. The molecule has 0 radical (unpaired) electrons. The number of rotatable bonds is 12. The third-order valence-corrected chi connectivity index (χ3v) is 8.29. The van der Waals surface area contributed by atoms with E-state index < -0.39 is 6.04 Å². The van der Waals surface area contributed by atoms with E-state index in [-0.39, 0.29) is 11.9 Å². The number of nitrogens with one attached hydrogen (secondary N) is 4. The van der Waals surface area contributed by atoms with Crippen molar-refractivity contribution in [2.75, 3.05) is 27.4 Å². The summed E-state index contributed by atoms with van der Waals surface area (Å²) in [6.45, 7) is 1.86. The van der Waals surface area contributed by atoms with Crippen LogP contribution in [0.4, 0.5) is 0 Å². The van der Waals surface area contributed by atoms with Crippen LogP contribution in [0.2, 0.25) is 0 Å². The molecular formula is C34H39N7O3. The SMILES string of the molecule is COc1ccc(Cn2c(CCc3ccccc3)nnc2[C@@H](Cc2c[nH]c3ccccc23)NC(=O)[C@H]2CCNCN2)c(OC)c1. The number of H-pyrrole nitrogens is 1. The topological polar surface area (TPSA) is 118 Å². The van der Waals surface area contributed by atoms with Crippen molar-refractivity contribution in [1.29, 1.82) is 0 Å². The van der Waals surface area contributed by atoms with E-state index in [4.69, 9.17) is 19.7 Å². The molecule has 44 heavy (non-hydrogen) atoms. The Morgan fingerprint density at radius 3 is 2.64 bits per heavy atom. The number of nitrogens with zero attached hydrogens (tertiary/aromatic N) is 3. The normalized spacial score (nSPS) is 15.6. The van der Waals surface area contributed by atoms with Gasteiger partial charge in [-0.3, -0.25) is 10.1 Å². The quantitative estimate of drug-likeness (QED) is 0.173. The van der Waals surface area contributed by atoms with Crippen LogP contribution in [0.1, 0.15) is 40.8 Å². The first-order chi connectivity index (χ1) is 21.6. The maximum atomic E-state index is 13.6. The summed E-state index contributed by atoms with van der Waals surface area (Å²) in [5.74, 6) is 2.95. The number of hydrogen-bond acceptors (Lipinski definition) is 7. The van der Waals surface area contributed by atoms with Crippen LogP contribution in [-0.2, 0) is 30.6 Å². The molecule has 10 heteroatoms. The number of para-hydroxylation sites is 1. The van der Waals surface area contributed by atoms with Crippen LogP contribution >= 0.6 is 0 Å². The molecule has 3 aromatic carbocycles. The molecule has 0 bridgehead atoms. The molecule has 1 fully saturated rings. The monoisotopic (exact) mass is 593 g/mol. The Morgan fingerprint density at radius 1 is 1.00 bits per heavy atom. The number of aryl methyl sites for hydroxylation is 2. The van der Waals surface area contributed by atoms with Gasteiger partial charge in [0.15, 0.2) is 5.82 Å². The summed E-state index contributed by atoms with van der Waals surface area (Å²) in [6, 6.07) is 23.7. The average molecular weight is 594 g/mol. The molecule has 1 saturated heterocycles. The number of methoxy groups -OCH3 is 2. The summed E-state index contributed by atoms with van der Waals surface area (Å²) in [6.07, 6.45) is 4.80. The average Bonchev–Trinajstić information content (AvgIpc) is 3.68. The molecule has 3 heterocycles. The van der Waals surface area contributed by atoms with Gasteiger partial charge in [-0.05, 0) is 48.7 Å². The van der Waals surface area contributed by atoms with Crippen LogP contribution in [0, 0.1) is 0 Å². The van der Waals surface area contributed by atoms with Gasteiger partial charge in [-0.25, -0.2) is 0 Å². The van der Waals surface area contributed by atoms with Crippen LogP contribution in [0.15, 0.2) is 79.0 Å². The van der Waals surface area contributed by atoms with Crippen molar-refractivity contribution in [3.05, 3.63) is 107 Å². The molecule has 10 nitrogen and oxygen atoms in total. The first-order valence-corrected chi connectivity index (χ1v) is 15.1. The molecule has 0 saturated carbocycles. The van der Waals surface area contributed by atoms with Gasteiger partial charge >= 0.3 is 0 Å². The number of carbonyl (C=O) groups excluding carboxylic acids is 1. The van der Waals surface area contributed by atoms with Gasteiger partial charge in [0.1, 0.15) is 17.3 Å². The van der Waals surface area contributed by atoms with Crippen LogP contribution in [0.3, 0.4) is 0 Å². The second kappa shape index (κ2) is 13.7. The summed E-state index contributed by atoms with van der Waals surface area (Å²) in [5, 5.41) is 20.5. The van der Waals surface area contributed by atoms with E-state index in [9.17, 15) is 4.79 Å². The molecule has 6 rings (SSSR count). The van der Waals surface area contributed by atoms with Crippen molar-refractivity contribution >= 4 is 16.8 Å². The summed E-state index contributed by atoms with van der Waals surface area (Å²) < 4.78 is 13.3. The van der Waals surface area contributed by atoms with Gasteiger partial charge in [-0.1, -0.05) is 48.5 Å². The van der Waals surface area contributed by atoms with E-state index in [0.717, 1.165) is 46.6 Å². The zero-order valence-electron chi connectivity index (χ0n) is 25.2. The fourth-order valence-corrected chi connectivity index (χ4v) is 5.87. The Labute approximate surface area is 257 Å². The van der Waals surface area contributed by atoms with Crippen LogP contribution in [0.5, 0.6) is 11.5 Å². The van der Waals surface area contributed by atoms with Crippen molar-refractivity contribution in [2.24, 2.45) is 0 Å². The lowest BCUT2D eigenvalue weighted by atomic mass is 10.0. The molecule has 228 valence electrons. The first-order valence-electron chi connectivity index (χ1n) is 15.1.